The number of hydrogen-bond donors (Lipinski definition) is 2. The van der Waals surface area contributed by atoms with E-state index >= 15 is 0 Å². The van der Waals surface area contributed by atoms with Crippen LogP contribution in [0.2, 0.25) is 0 Å². The van der Waals surface area contributed by atoms with Crippen LogP contribution in [-0.2, 0) is 15.8 Å². The maximum atomic E-state index is 13.7. The molecule has 3 rings (SSSR count). The third-order valence-electron chi connectivity index (χ3n) is 6.11. The summed E-state index contributed by atoms with van der Waals surface area (Å²) in [4.78, 5) is 41.3. The molecule has 0 saturated carbocycles. The summed E-state index contributed by atoms with van der Waals surface area (Å²) in [5.41, 5.74) is -0.412. The van der Waals surface area contributed by atoms with Crippen molar-refractivity contribution in [2.75, 3.05) is 11.4 Å². The molecule has 1 aromatic heterocycles. The SMILES string of the molecule is CCC(C)(C)NC(=O)[C@H](c1ccc(C)cc1)N(C(=O)CNC(=O)c1cccs1)c1cccc(C(F)(F)F)c1. The number of hydrogen-bond acceptors (Lipinski definition) is 4. The normalized spacial score (nSPS) is 12.5. The Labute approximate surface area is 223 Å². The van der Waals surface area contributed by atoms with Crippen LogP contribution in [0.5, 0.6) is 0 Å². The van der Waals surface area contributed by atoms with Crippen LogP contribution in [0.3, 0.4) is 0 Å². The van der Waals surface area contributed by atoms with E-state index in [-0.39, 0.29) is 5.69 Å². The largest absolute Gasteiger partial charge is 0.416 e. The van der Waals surface area contributed by atoms with E-state index in [4.69, 9.17) is 0 Å². The van der Waals surface area contributed by atoms with Gasteiger partial charge in [-0.3, -0.25) is 19.3 Å². The van der Waals surface area contributed by atoms with Gasteiger partial charge in [0, 0.05) is 11.2 Å². The highest BCUT2D eigenvalue weighted by Gasteiger charge is 2.37. The van der Waals surface area contributed by atoms with Gasteiger partial charge in [-0.05, 0) is 62.4 Å². The number of aryl methyl sites for hydroxylation is 1. The second kappa shape index (κ2) is 11.8. The second-order valence-corrected chi connectivity index (χ2v) is 10.5. The van der Waals surface area contributed by atoms with Crippen molar-refractivity contribution < 1.29 is 27.6 Å². The minimum absolute atomic E-state index is 0.120. The number of amides is 3. The van der Waals surface area contributed by atoms with Gasteiger partial charge < -0.3 is 10.6 Å². The molecule has 0 aliphatic heterocycles. The lowest BCUT2D eigenvalue weighted by Gasteiger charge is -2.35. The van der Waals surface area contributed by atoms with E-state index < -0.39 is 47.6 Å². The molecule has 6 nitrogen and oxygen atoms in total. The number of benzene rings is 2. The Hall–Kier alpha value is -3.66. The summed E-state index contributed by atoms with van der Waals surface area (Å²) < 4.78 is 40.8. The molecule has 202 valence electrons. The molecule has 0 fully saturated rings. The number of anilines is 1. The van der Waals surface area contributed by atoms with Gasteiger partial charge in [-0.2, -0.15) is 13.2 Å². The third kappa shape index (κ3) is 7.22. The van der Waals surface area contributed by atoms with Gasteiger partial charge in [0.05, 0.1) is 17.0 Å². The standard InChI is InChI=1S/C28H30F3N3O3S/c1-5-27(3,4)33-26(37)24(19-13-11-18(2)12-14-19)34(21-9-6-8-20(16-21)28(29,30)31)23(35)17-32-25(36)22-10-7-15-38-22/h6-16,24H,5,17H2,1-4H3,(H,32,36)(H,33,37)/t24-/m0/s1. The molecule has 1 atom stereocenters. The number of thiophene rings is 1. The lowest BCUT2D eigenvalue weighted by molar-refractivity contribution is -0.137. The van der Waals surface area contributed by atoms with Gasteiger partial charge in [-0.1, -0.05) is 48.9 Å². The summed E-state index contributed by atoms with van der Waals surface area (Å²) >= 11 is 1.18. The molecule has 3 aromatic rings. The van der Waals surface area contributed by atoms with Crippen LogP contribution in [0.25, 0.3) is 0 Å². The summed E-state index contributed by atoms with van der Waals surface area (Å²) in [5, 5.41) is 7.14. The van der Waals surface area contributed by atoms with Crippen LogP contribution in [0.1, 0.15) is 59.6 Å². The number of rotatable bonds is 9. The smallest absolute Gasteiger partial charge is 0.349 e. The van der Waals surface area contributed by atoms with Crippen molar-refractivity contribution in [2.24, 2.45) is 0 Å². The molecule has 3 amide bonds. The zero-order valence-corrected chi connectivity index (χ0v) is 22.4. The first-order chi connectivity index (χ1) is 17.8. The van der Waals surface area contributed by atoms with Crippen LogP contribution in [0.15, 0.2) is 66.0 Å². The monoisotopic (exact) mass is 545 g/mol. The van der Waals surface area contributed by atoms with E-state index in [0.717, 1.165) is 22.6 Å². The fraction of sp³-hybridized carbons (Fsp3) is 0.321. The minimum Gasteiger partial charge on any atom is -0.349 e. The molecule has 2 aromatic carbocycles. The predicted molar refractivity (Wildman–Crippen MR) is 142 cm³/mol. The molecule has 1 heterocycles. The highest BCUT2D eigenvalue weighted by Crippen LogP contribution is 2.35. The predicted octanol–water partition coefficient (Wildman–Crippen LogP) is 5.88. The van der Waals surface area contributed by atoms with E-state index in [1.807, 2.05) is 27.7 Å². The Bertz CT molecular complexity index is 1270. The lowest BCUT2D eigenvalue weighted by Crippen LogP contribution is -2.52. The Balaban J connectivity index is 2.10. The zero-order valence-electron chi connectivity index (χ0n) is 21.6. The maximum Gasteiger partial charge on any atom is 0.416 e. The Kier molecular flexibility index (Phi) is 8.98. The van der Waals surface area contributed by atoms with E-state index in [0.29, 0.717) is 16.9 Å². The summed E-state index contributed by atoms with van der Waals surface area (Å²) in [6.07, 6.45) is -4.09. The number of nitrogens with zero attached hydrogens (tertiary/aromatic N) is 1. The Morgan fingerprint density at radius 3 is 2.26 bits per heavy atom. The number of carbonyl (C=O) groups excluding carboxylic acids is 3. The van der Waals surface area contributed by atoms with Gasteiger partial charge in [-0.25, -0.2) is 0 Å². The highest BCUT2D eigenvalue weighted by molar-refractivity contribution is 7.12. The van der Waals surface area contributed by atoms with Crippen LogP contribution < -0.4 is 15.5 Å². The summed E-state index contributed by atoms with van der Waals surface area (Å²) in [7, 11) is 0. The topological polar surface area (TPSA) is 78.5 Å². The molecule has 0 aliphatic carbocycles. The van der Waals surface area contributed by atoms with Gasteiger partial charge in [0.2, 0.25) is 11.8 Å². The molecule has 0 saturated heterocycles. The average Bonchev–Trinajstić information content (AvgIpc) is 3.41. The molecule has 38 heavy (non-hydrogen) atoms. The van der Waals surface area contributed by atoms with Crippen molar-refractivity contribution in [3.05, 3.63) is 87.6 Å². The average molecular weight is 546 g/mol. The molecular formula is C28H30F3N3O3S. The summed E-state index contributed by atoms with van der Waals surface area (Å²) in [5.74, 6) is -1.80. The van der Waals surface area contributed by atoms with Crippen molar-refractivity contribution >= 4 is 34.7 Å². The van der Waals surface area contributed by atoms with Crippen LogP contribution >= 0.6 is 11.3 Å². The van der Waals surface area contributed by atoms with Crippen molar-refractivity contribution in [1.29, 1.82) is 0 Å². The van der Waals surface area contributed by atoms with Crippen LogP contribution in [0.4, 0.5) is 18.9 Å². The van der Waals surface area contributed by atoms with Gasteiger partial charge in [-0.15, -0.1) is 11.3 Å². The molecule has 0 radical (unpaired) electrons. The first-order valence-electron chi connectivity index (χ1n) is 12.0. The van der Waals surface area contributed by atoms with E-state index in [1.165, 1.54) is 23.5 Å². The Morgan fingerprint density at radius 2 is 1.68 bits per heavy atom. The molecule has 0 unspecified atom stereocenters. The number of nitrogens with one attached hydrogen (secondary N) is 2. The van der Waals surface area contributed by atoms with Gasteiger partial charge >= 0.3 is 6.18 Å². The number of carbonyl (C=O) groups is 3. The van der Waals surface area contributed by atoms with Gasteiger partial charge in [0.1, 0.15) is 6.04 Å². The van der Waals surface area contributed by atoms with Gasteiger partial charge in [0.25, 0.3) is 5.91 Å². The quantitative estimate of drug-likeness (QED) is 0.352. The van der Waals surface area contributed by atoms with E-state index in [1.54, 1.807) is 41.8 Å². The number of alkyl halides is 3. The fourth-order valence-corrected chi connectivity index (χ4v) is 4.30. The minimum atomic E-state index is -4.66. The Morgan fingerprint density at radius 1 is 1.00 bits per heavy atom. The first-order valence-corrected chi connectivity index (χ1v) is 12.9. The molecule has 2 N–H and O–H groups in total. The highest BCUT2D eigenvalue weighted by atomic mass is 32.1. The fourth-order valence-electron chi connectivity index (χ4n) is 3.66. The van der Waals surface area contributed by atoms with E-state index in [2.05, 4.69) is 10.6 Å². The molecule has 0 bridgehead atoms. The van der Waals surface area contributed by atoms with Crippen molar-refractivity contribution in [3.63, 3.8) is 0 Å². The van der Waals surface area contributed by atoms with Crippen molar-refractivity contribution in [3.8, 4) is 0 Å². The molecule has 0 spiro atoms. The second-order valence-electron chi connectivity index (χ2n) is 9.51. The van der Waals surface area contributed by atoms with Crippen LogP contribution in [-0.4, -0.2) is 29.8 Å². The van der Waals surface area contributed by atoms with Gasteiger partial charge in [0.15, 0.2) is 0 Å². The van der Waals surface area contributed by atoms with E-state index in [9.17, 15) is 27.6 Å². The molecular weight excluding hydrogens is 515 g/mol. The lowest BCUT2D eigenvalue weighted by atomic mass is 9.97. The van der Waals surface area contributed by atoms with Crippen LogP contribution in [0, 0.1) is 6.92 Å². The number of halogens is 3. The molecule has 0 aliphatic rings. The first kappa shape index (κ1) is 28.9. The van der Waals surface area contributed by atoms with Crippen molar-refractivity contribution in [1.82, 2.24) is 10.6 Å². The maximum absolute atomic E-state index is 13.7. The molecule has 10 heteroatoms. The third-order valence-corrected chi connectivity index (χ3v) is 6.98. The zero-order chi connectivity index (χ0) is 28.1. The summed E-state index contributed by atoms with van der Waals surface area (Å²) in [6.45, 7) is 6.84. The van der Waals surface area contributed by atoms with Crippen molar-refractivity contribution in [2.45, 2.75) is 51.9 Å². The summed E-state index contributed by atoms with van der Waals surface area (Å²) in [6, 6.07) is 13.1.